The van der Waals surface area contributed by atoms with Gasteiger partial charge in [-0.2, -0.15) is 0 Å². The van der Waals surface area contributed by atoms with Crippen LogP contribution >= 0.6 is 7.81 Å². The number of benzene rings is 1. The van der Waals surface area contributed by atoms with Gasteiger partial charge in [0.1, 0.15) is 0 Å². The maximum absolute atomic E-state index is 11.9. The molecule has 1 saturated heterocycles. The molecule has 1 aromatic rings. The van der Waals surface area contributed by atoms with Crippen LogP contribution in [0, 0.1) is 0 Å². The molecule has 0 amide bonds. The van der Waals surface area contributed by atoms with Crippen molar-refractivity contribution in [1.29, 1.82) is 0 Å². The summed E-state index contributed by atoms with van der Waals surface area (Å²) in [5.41, 5.74) is 0. The summed E-state index contributed by atoms with van der Waals surface area (Å²) in [6.07, 6.45) is 2.07. The van der Waals surface area contributed by atoms with E-state index in [2.05, 4.69) is 0 Å². The predicted octanol–water partition coefficient (Wildman–Crippen LogP) is 5.66. The molecule has 10 heteroatoms. The first-order chi connectivity index (χ1) is 8.73. The van der Waals surface area contributed by atoms with Crippen molar-refractivity contribution in [2.75, 3.05) is 11.5 Å². The van der Waals surface area contributed by atoms with Gasteiger partial charge in [-0.05, 0) is 12.1 Å². The molecule has 1 aliphatic heterocycles. The third kappa shape index (κ3) is 10.0. The average Bonchev–Trinajstić information content (AvgIpc) is 2.61. The monoisotopic (exact) mass is 342 g/mol. The van der Waals surface area contributed by atoms with E-state index in [4.69, 9.17) is 4.18 Å². The van der Waals surface area contributed by atoms with Gasteiger partial charge in [0, 0.05) is 12.8 Å². The summed E-state index contributed by atoms with van der Waals surface area (Å²) in [6, 6.07) is 9.42. The SMILES string of the molecule is F[P-](F)(F)(F)(F)F.O=[S+]1(Oc2ccccc2)CCCC1. The summed E-state index contributed by atoms with van der Waals surface area (Å²) < 4.78 is 76.6. The van der Waals surface area contributed by atoms with Crippen LogP contribution in [-0.2, 0) is 14.4 Å². The van der Waals surface area contributed by atoms with Crippen molar-refractivity contribution < 1.29 is 33.6 Å². The Morgan fingerprint density at radius 1 is 0.900 bits per heavy atom. The topological polar surface area (TPSA) is 26.3 Å². The van der Waals surface area contributed by atoms with Crippen LogP contribution in [0.4, 0.5) is 25.2 Å². The Balaban J connectivity index is 0.000000246. The fraction of sp³-hybridized carbons (Fsp3) is 0.400. The summed E-state index contributed by atoms with van der Waals surface area (Å²) in [6.45, 7) is 0. The van der Waals surface area contributed by atoms with E-state index in [-0.39, 0.29) is 0 Å². The zero-order valence-electron chi connectivity index (χ0n) is 10.2. The second-order valence-corrected chi connectivity index (χ2v) is 8.60. The summed E-state index contributed by atoms with van der Waals surface area (Å²) in [7, 11) is -12.7. The maximum atomic E-state index is 11.9. The first-order valence-electron chi connectivity index (χ1n) is 5.54. The average molecular weight is 342 g/mol. The van der Waals surface area contributed by atoms with Crippen molar-refractivity contribution in [3.05, 3.63) is 30.3 Å². The molecule has 0 radical (unpaired) electrons. The fourth-order valence-electron chi connectivity index (χ4n) is 1.48. The van der Waals surface area contributed by atoms with Crippen molar-refractivity contribution in [3.63, 3.8) is 0 Å². The molecule has 2 rings (SSSR count). The Hall–Kier alpha value is -0.820. The summed E-state index contributed by atoms with van der Waals surface area (Å²) >= 11 is 0. The summed E-state index contributed by atoms with van der Waals surface area (Å²) in [4.78, 5) is 0. The van der Waals surface area contributed by atoms with Crippen LogP contribution in [-0.4, -0.2) is 11.5 Å². The van der Waals surface area contributed by atoms with Crippen LogP contribution in [0.15, 0.2) is 30.3 Å². The Labute approximate surface area is 113 Å². The number of rotatable bonds is 2. The minimum Gasteiger partial charge on any atom is -0.286 e. The van der Waals surface area contributed by atoms with Gasteiger partial charge in [-0.25, -0.2) is 0 Å². The third-order valence-corrected chi connectivity index (χ3v) is 4.47. The van der Waals surface area contributed by atoms with Gasteiger partial charge < -0.3 is 0 Å². The Bertz CT molecular complexity index is 479. The van der Waals surface area contributed by atoms with E-state index >= 15 is 0 Å². The number of hydrogen-bond acceptors (Lipinski definition) is 2. The standard InChI is InChI=1S/C10H13O2S.F6P/c11-13(8-4-5-9-13)12-10-6-2-1-3-7-10;1-7(2,3,4,5)6/h1-3,6-7H,4-5,8-9H2;/q+1;-1. The number of para-hydroxylation sites is 1. The van der Waals surface area contributed by atoms with E-state index in [0.717, 1.165) is 30.1 Å². The van der Waals surface area contributed by atoms with E-state index in [1.165, 1.54) is 0 Å². The molecule has 2 nitrogen and oxygen atoms in total. The van der Waals surface area contributed by atoms with Gasteiger partial charge in [0.2, 0.25) is 0 Å². The first-order valence-corrected chi connectivity index (χ1v) is 9.39. The molecule has 20 heavy (non-hydrogen) atoms. The predicted molar refractivity (Wildman–Crippen MR) is 67.7 cm³/mol. The maximum Gasteiger partial charge on any atom is 0.259 e. The Morgan fingerprint density at radius 2 is 1.30 bits per heavy atom. The molecule has 1 fully saturated rings. The zero-order chi connectivity index (χ0) is 15.6. The van der Waals surface area contributed by atoms with Crippen molar-refractivity contribution in [2.24, 2.45) is 0 Å². The fourth-order valence-corrected chi connectivity index (χ4v) is 3.60. The summed E-state index contributed by atoms with van der Waals surface area (Å²) in [5, 5.41) is 0. The minimum absolute atomic E-state index is 0.724. The smallest absolute Gasteiger partial charge is 0.259 e. The molecule has 118 valence electrons. The van der Waals surface area contributed by atoms with Gasteiger partial charge in [0.05, 0.1) is 0 Å². The van der Waals surface area contributed by atoms with E-state index in [1.54, 1.807) is 0 Å². The van der Waals surface area contributed by atoms with Gasteiger partial charge >= 0.3 is 33.0 Å². The molecule has 1 aliphatic rings. The molecule has 1 aromatic carbocycles. The molecule has 0 spiro atoms. The van der Waals surface area contributed by atoms with Gasteiger partial charge in [0.25, 0.3) is 10.2 Å². The summed E-state index contributed by atoms with van der Waals surface area (Å²) in [5.74, 6) is 2.18. The van der Waals surface area contributed by atoms with Gasteiger partial charge in [-0.3, -0.25) is 4.18 Å². The van der Waals surface area contributed by atoms with Crippen LogP contribution in [0.25, 0.3) is 0 Å². The quantitative estimate of drug-likeness (QED) is 0.394. The van der Waals surface area contributed by atoms with Crippen molar-refractivity contribution in [3.8, 4) is 5.75 Å². The van der Waals surface area contributed by atoms with E-state index in [0.29, 0.717) is 0 Å². The van der Waals surface area contributed by atoms with Gasteiger partial charge in [0.15, 0.2) is 17.3 Å². The van der Waals surface area contributed by atoms with Crippen LogP contribution in [0.1, 0.15) is 12.8 Å². The Morgan fingerprint density at radius 3 is 1.70 bits per heavy atom. The second kappa shape index (κ2) is 4.87. The van der Waals surface area contributed by atoms with E-state index < -0.39 is 18.0 Å². The zero-order valence-corrected chi connectivity index (χ0v) is 11.9. The molecule has 0 unspecified atom stereocenters. The largest absolute Gasteiger partial charge is 0.286 e. The molecule has 0 aromatic heterocycles. The van der Waals surface area contributed by atoms with Gasteiger partial charge in [-0.15, -0.1) is 0 Å². The third-order valence-electron chi connectivity index (χ3n) is 2.15. The Kier molecular flexibility index (Phi) is 4.20. The molecular formula is C10H13F6O2PS. The van der Waals surface area contributed by atoms with Crippen LogP contribution in [0.3, 0.4) is 0 Å². The van der Waals surface area contributed by atoms with Crippen LogP contribution < -0.4 is 4.18 Å². The molecule has 0 saturated carbocycles. The number of hydrogen-bond donors (Lipinski definition) is 0. The molecule has 1 heterocycles. The van der Waals surface area contributed by atoms with Crippen molar-refractivity contribution in [1.82, 2.24) is 0 Å². The normalized spacial score (nSPS) is 21.1. The second-order valence-electron chi connectivity index (χ2n) is 4.21. The molecular weight excluding hydrogens is 329 g/mol. The van der Waals surface area contributed by atoms with E-state index in [9.17, 15) is 29.4 Å². The molecule has 0 aliphatic carbocycles. The molecule has 0 atom stereocenters. The van der Waals surface area contributed by atoms with E-state index in [1.807, 2.05) is 30.3 Å². The molecule has 0 bridgehead atoms. The van der Waals surface area contributed by atoms with Crippen molar-refractivity contribution in [2.45, 2.75) is 12.8 Å². The van der Waals surface area contributed by atoms with Crippen LogP contribution in [0.5, 0.6) is 5.75 Å². The van der Waals surface area contributed by atoms with Crippen LogP contribution in [0.2, 0.25) is 0 Å². The first kappa shape index (κ1) is 17.2. The van der Waals surface area contributed by atoms with Crippen molar-refractivity contribution >= 4 is 18.0 Å². The molecule has 0 N–H and O–H groups in total. The van der Waals surface area contributed by atoms with Gasteiger partial charge in [-0.1, -0.05) is 22.4 Å². The minimum atomic E-state index is -10.7. The number of halogens is 6.